The van der Waals surface area contributed by atoms with Crippen molar-refractivity contribution in [3.63, 3.8) is 0 Å². The molecule has 0 radical (unpaired) electrons. The van der Waals surface area contributed by atoms with Gasteiger partial charge in [0.15, 0.2) is 0 Å². The van der Waals surface area contributed by atoms with Crippen LogP contribution in [0.4, 0.5) is 0 Å². The van der Waals surface area contributed by atoms with Crippen molar-refractivity contribution < 1.29 is 0 Å². The normalized spacial score (nSPS) is 23.6. The zero-order chi connectivity index (χ0) is 13.7. The van der Waals surface area contributed by atoms with Gasteiger partial charge in [0.25, 0.3) is 0 Å². The Bertz CT molecular complexity index is 356. The molecular weight excluding hydrogens is 236 g/mol. The third-order valence-corrected chi connectivity index (χ3v) is 4.74. The summed E-state index contributed by atoms with van der Waals surface area (Å²) < 4.78 is 2.04. The molecule has 1 atom stereocenters. The van der Waals surface area contributed by atoms with Gasteiger partial charge in [-0.2, -0.15) is 5.10 Å². The summed E-state index contributed by atoms with van der Waals surface area (Å²) in [5, 5.41) is 8.09. The summed E-state index contributed by atoms with van der Waals surface area (Å²) in [6.45, 7) is 11.3. The van der Waals surface area contributed by atoms with Crippen molar-refractivity contribution in [3.8, 4) is 0 Å². The van der Waals surface area contributed by atoms with Crippen LogP contribution in [0.1, 0.15) is 40.0 Å². The minimum Gasteiger partial charge on any atom is -0.308 e. The summed E-state index contributed by atoms with van der Waals surface area (Å²) in [6, 6.07) is 2.67. The average molecular weight is 264 g/mol. The van der Waals surface area contributed by atoms with Gasteiger partial charge >= 0.3 is 0 Å². The Morgan fingerprint density at radius 2 is 2.05 bits per heavy atom. The lowest BCUT2D eigenvalue weighted by Gasteiger charge is -2.47. The van der Waals surface area contributed by atoms with Crippen LogP contribution in [0.3, 0.4) is 0 Å². The van der Waals surface area contributed by atoms with Gasteiger partial charge in [0.1, 0.15) is 0 Å². The Hall–Kier alpha value is -0.870. The first kappa shape index (κ1) is 14.5. The molecule has 1 unspecified atom stereocenters. The number of aromatic nitrogens is 2. The zero-order valence-corrected chi connectivity index (χ0v) is 12.6. The van der Waals surface area contributed by atoms with E-state index in [0.717, 1.165) is 19.6 Å². The fourth-order valence-electron chi connectivity index (χ4n) is 3.09. The Balaban J connectivity index is 1.97. The standard InChI is InChI=1S/C15H28N4/c1-4-14-12-16-15(5-2,6-3)13-18(14)10-11-19-9-7-8-17-19/h7-9,14,16H,4-6,10-13H2,1-3H3. The van der Waals surface area contributed by atoms with E-state index in [1.807, 2.05) is 16.9 Å². The molecule has 0 saturated carbocycles. The number of hydrogen-bond donors (Lipinski definition) is 1. The van der Waals surface area contributed by atoms with E-state index in [1.165, 1.54) is 25.8 Å². The van der Waals surface area contributed by atoms with Crippen LogP contribution in [0.2, 0.25) is 0 Å². The second kappa shape index (κ2) is 6.53. The van der Waals surface area contributed by atoms with Crippen molar-refractivity contribution >= 4 is 0 Å². The minimum absolute atomic E-state index is 0.315. The maximum Gasteiger partial charge on any atom is 0.0536 e. The van der Waals surface area contributed by atoms with E-state index in [4.69, 9.17) is 0 Å². The first-order chi connectivity index (χ1) is 9.23. The topological polar surface area (TPSA) is 33.1 Å². The molecule has 1 saturated heterocycles. The number of hydrogen-bond acceptors (Lipinski definition) is 3. The Morgan fingerprint density at radius 3 is 2.63 bits per heavy atom. The van der Waals surface area contributed by atoms with Crippen LogP contribution in [-0.2, 0) is 6.54 Å². The summed E-state index contributed by atoms with van der Waals surface area (Å²) in [5.41, 5.74) is 0.315. The van der Waals surface area contributed by atoms with E-state index in [0.29, 0.717) is 11.6 Å². The highest BCUT2D eigenvalue weighted by atomic mass is 15.3. The number of rotatable bonds is 6. The molecule has 1 aliphatic rings. The van der Waals surface area contributed by atoms with Gasteiger partial charge in [0, 0.05) is 43.6 Å². The predicted molar refractivity (Wildman–Crippen MR) is 79.2 cm³/mol. The largest absolute Gasteiger partial charge is 0.308 e. The van der Waals surface area contributed by atoms with Crippen LogP contribution >= 0.6 is 0 Å². The van der Waals surface area contributed by atoms with Crippen molar-refractivity contribution in [2.45, 2.75) is 58.2 Å². The van der Waals surface area contributed by atoms with Crippen LogP contribution in [0, 0.1) is 0 Å². The molecule has 19 heavy (non-hydrogen) atoms. The first-order valence-electron chi connectivity index (χ1n) is 7.69. The molecule has 2 heterocycles. The molecule has 4 nitrogen and oxygen atoms in total. The highest BCUT2D eigenvalue weighted by Gasteiger charge is 2.35. The number of nitrogens with one attached hydrogen (secondary N) is 1. The Labute approximate surface area is 117 Å². The third-order valence-electron chi connectivity index (χ3n) is 4.74. The summed E-state index contributed by atoms with van der Waals surface area (Å²) in [7, 11) is 0. The smallest absolute Gasteiger partial charge is 0.0536 e. The molecule has 1 aromatic rings. The van der Waals surface area contributed by atoms with Gasteiger partial charge < -0.3 is 5.32 Å². The predicted octanol–water partition coefficient (Wildman–Crippen LogP) is 2.13. The lowest BCUT2D eigenvalue weighted by atomic mass is 9.88. The van der Waals surface area contributed by atoms with Crippen molar-refractivity contribution in [3.05, 3.63) is 18.5 Å². The van der Waals surface area contributed by atoms with Crippen LogP contribution in [0.15, 0.2) is 18.5 Å². The molecule has 0 bridgehead atoms. The third kappa shape index (κ3) is 3.37. The molecule has 1 N–H and O–H groups in total. The van der Waals surface area contributed by atoms with Crippen molar-refractivity contribution in [2.24, 2.45) is 0 Å². The molecule has 2 rings (SSSR count). The second-order valence-corrected chi connectivity index (χ2v) is 5.67. The zero-order valence-electron chi connectivity index (χ0n) is 12.6. The lowest BCUT2D eigenvalue weighted by molar-refractivity contribution is 0.0668. The van der Waals surface area contributed by atoms with Crippen molar-refractivity contribution in [1.29, 1.82) is 0 Å². The Morgan fingerprint density at radius 1 is 1.26 bits per heavy atom. The van der Waals surface area contributed by atoms with Crippen molar-refractivity contribution in [1.82, 2.24) is 20.0 Å². The number of piperazine rings is 1. The van der Waals surface area contributed by atoms with E-state index in [9.17, 15) is 0 Å². The van der Waals surface area contributed by atoms with Gasteiger partial charge in [0.2, 0.25) is 0 Å². The molecule has 4 heteroatoms. The molecule has 108 valence electrons. The van der Waals surface area contributed by atoms with Crippen molar-refractivity contribution in [2.75, 3.05) is 19.6 Å². The van der Waals surface area contributed by atoms with E-state index in [2.05, 4.69) is 42.3 Å². The van der Waals surface area contributed by atoms with Crippen LogP contribution < -0.4 is 5.32 Å². The van der Waals surface area contributed by atoms with Gasteiger partial charge in [-0.25, -0.2) is 0 Å². The molecule has 0 spiro atoms. The van der Waals surface area contributed by atoms with Crippen LogP contribution in [0.25, 0.3) is 0 Å². The summed E-state index contributed by atoms with van der Waals surface area (Å²) in [6.07, 6.45) is 7.54. The Kier molecular flexibility index (Phi) is 4.99. The van der Waals surface area contributed by atoms with E-state index in [1.54, 1.807) is 0 Å². The first-order valence-corrected chi connectivity index (χ1v) is 7.69. The average Bonchev–Trinajstić information content (AvgIpc) is 2.98. The van der Waals surface area contributed by atoms with E-state index >= 15 is 0 Å². The molecule has 1 aromatic heterocycles. The SMILES string of the molecule is CCC1CNC(CC)(CC)CN1CCn1cccn1. The second-order valence-electron chi connectivity index (χ2n) is 5.67. The molecule has 1 fully saturated rings. The summed E-state index contributed by atoms with van der Waals surface area (Å²) >= 11 is 0. The number of nitrogens with zero attached hydrogens (tertiary/aromatic N) is 3. The highest BCUT2D eigenvalue weighted by molar-refractivity contribution is 4.96. The maximum atomic E-state index is 4.30. The van der Waals surface area contributed by atoms with Gasteiger partial charge in [-0.1, -0.05) is 20.8 Å². The lowest BCUT2D eigenvalue weighted by Crippen LogP contribution is -2.64. The quantitative estimate of drug-likeness (QED) is 0.854. The highest BCUT2D eigenvalue weighted by Crippen LogP contribution is 2.23. The molecular formula is C15H28N4. The fourth-order valence-corrected chi connectivity index (χ4v) is 3.09. The van der Waals surface area contributed by atoms with Crippen LogP contribution in [0.5, 0.6) is 0 Å². The van der Waals surface area contributed by atoms with Gasteiger partial charge in [-0.15, -0.1) is 0 Å². The minimum atomic E-state index is 0.315. The van der Waals surface area contributed by atoms with Gasteiger partial charge in [0.05, 0.1) is 6.54 Å². The van der Waals surface area contributed by atoms with Crippen LogP contribution in [-0.4, -0.2) is 45.9 Å². The van der Waals surface area contributed by atoms with Gasteiger partial charge in [-0.3, -0.25) is 9.58 Å². The molecule has 0 aliphatic carbocycles. The monoisotopic (exact) mass is 264 g/mol. The molecule has 1 aliphatic heterocycles. The maximum absolute atomic E-state index is 4.30. The molecule has 0 amide bonds. The van der Waals surface area contributed by atoms with Gasteiger partial charge in [-0.05, 0) is 25.3 Å². The summed E-state index contributed by atoms with van der Waals surface area (Å²) in [5.74, 6) is 0. The van der Waals surface area contributed by atoms with E-state index in [-0.39, 0.29) is 0 Å². The van der Waals surface area contributed by atoms with E-state index < -0.39 is 0 Å². The molecule has 0 aromatic carbocycles. The fraction of sp³-hybridized carbons (Fsp3) is 0.800. The summed E-state index contributed by atoms with van der Waals surface area (Å²) in [4.78, 5) is 2.66.